The minimum atomic E-state index is -0.608. The van der Waals surface area contributed by atoms with Crippen molar-refractivity contribution in [1.29, 1.82) is 0 Å². The van der Waals surface area contributed by atoms with Gasteiger partial charge in [0.05, 0.1) is 12.1 Å². The maximum absolute atomic E-state index is 12.9. The van der Waals surface area contributed by atoms with Crippen molar-refractivity contribution in [3.05, 3.63) is 65.5 Å². The zero-order valence-electron chi connectivity index (χ0n) is 17.4. The van der Waals surface area contributed by atoms with Crippen LogP contribution < -0.4 is 10.2 Å². The number of carbonyl (C=O) groups is 3. The molecule has 0 aliphatic heterocycles. The van der Waals surface area contributed by atoms with Crippen molar-refractivity contribution in [3.63, 3.8) is 0 Å². The molecule has 1 N–H and O–H groups in total. The number of esters is 1. The Morgan fingerprint density at radius 3 is 2.40 bits per heavy atom. The molecule has 0 heterocycles. The minimum Gasteiger partial charge on any atom is -0.452 e. The second-order valence-electron chi connectivity index (χ2n) is 6.83. The molecule has 2 aromatic rings. The maximum atomic E-state index is 12.9. The molecule has 2 rings (SSSR count). The topological polar surface area (TPSA) is 79.0 Å². The summed E-state index contributed by atoms with van der Waals surface area (Å²) < 4.78 is 18.0. The van der Waals surface area contributed by atoms with Gasteiger partial charge in [0.25, 0.3) is 5.91 Å². The predicted molar refractivity (Wildman–Crippen MR) is 112 cm³/mol. The van der Waals surface area contributed by atoms with Gasteiger partial charge in [0.15, 0.2) is 6.61 Å². The van der Waals surface area contributed by atoms with Gasteiger partial charge >= 0.3 is 5.97 Å². The summed E-state index contributed by atoms with van der Waals surface area (Å²) in [6.45, 7) is 1.63. The number of nitrogens with zero attached hydrogens (tertiary/aromatic N) is 2. The van der Waals surface area contributed by atoms with Gasteiger partial charge in [0, 0.05) is 32.9 Å². The highest BCUT2D eigenvalue weighted by molar-refractivity contribution is 5.92. The molecule has 0 radical (unpaired) electrons. The van der Waals surface area contributed by atoms with Crippen molar-refractivity contribution >= 4 is 23.5 Å². The smallest absolute Gasteiger partial charge is 0.338 e. The van der Waals surface area contributed by atoms with Crippen LogP contribution in [0, 0.1) is 5.82 Å². The zero-order chi connectivity index (χ0) is 22.1. The molecular formula is C22H26FN3O4. The van der Waals surface area contributed by atoms with Gasteiger partial charge in [-0.3, -0.25) is 9.59 Å². The third kappa shape index (κ3) is 6.88. The molecule has 2 aromatic carbocycles. The second kappa shape index (κ2) is 10.9. The lowest BCUT2D eigenvalue weighted by Crippen LogP contribution is -2.42. The number of nitrogens with one attached hydrogen (secondary N) is 1. The summed E-state index contributed by atoms with van der Waals surface area (Å²) in [7, 11) is 3.71. The second-order valence-corrected chi connectivity index (χ2v) is 6.83. The van der Waals surface area contributed by atoms with E-state index in [1.807, 2.05) is 25.1 Å². The number of benzene rings is 2. The molecule has 0 spiro atoms. The monoisotopic (exact) mass is 415 g/mol. The van der Waals surface area contributed by atoms with Crippen LogP contribution in [0.3, 0.4) is 0 Å². The summed E-state index contributed by atoms with van der Waals surface area (Å²) >= 11 is 0. The first-order chi connectivity index (χ1) is 14.3. The SMILES string of the molecule is CCN(CC(=O)NCc1ccc(F)cc1)C(=O)COC(=O)c1cccc(N(C)C)c1. The molecule has 0 saturated carbocycles. The van der Waals surface area contributed by atoms with Crippen molar-refractivity contribution in [2.24, 2.45) is 0 Å². The molecule has 30 heavy (non-hydrogen) atoms. The van der Waals surface area contributed by atoms with E-state index in [2.05, 4.69) is 5.32 Å². The lowest BCUT2D eigenvalue weighted by Gasteiger charge is -2.20. The van der Waals surface area contributed by atoms with Gasteiger partial charge in [0.2, 0.25) is 5.91 Å². The molecule has 8 heteroatoms. The number of likely N-dealkylation sites (N-methyl/N-ethyl adjacent to an activating group) is 1. The summed E-state index contributed by atoms with van der Waals surface area (Å²) in [5, 5.41) is 2.68. The van der Waals surface area contributed by atoms with Gasteiger partial charge < -0.3 is 19.9 Å². The highest BCUT2D eigenvalue weighted by Crippen LogP contribution is 2.14. The number of halogens is 1. The van der Waals surface area contributed by atoms with Crippen molar-refractivity contribution < 1.29 is 23.5 Å². The van der Waals surface area contributed by atoms with Crippen molar-refractivity contribution in [1.82, 2.24) is 10.2 Å². The Morgan fingerprint density at radius 2 is 1.77 bits per heavy atom. The number of carbonyl (C=O) groups excluding carboxylic acids is 3. The number of hydrogen-bond acceptors (Lipinski definition) is 5. The fraction of sp³-hybridized carbons (Fsp3) is 0.318. The van der Waals surface area contributed by atoms with E-state index < -0.39 is 18.5 Å². The van der Waals surface area contributed by atoms with Crippen molar-refractivity contribution in [3.8, 4) is 0 Å². The van der Waals surface area contributed by atoms with Crippen molar-refractivity contribution in [2.45, 2.75) is 13.5 Å². The minimum absolute atomic E-state index is 0.163. The summed E-state index contributed by atoms with van der Waals surface area (Å²) in [5.41, 5.74) is 1.92. The Morgan fingerprint density at radius 1 is 1.07 bits per heavy atom. The molecule has 160 valence electrons. The summed E-state index contributed by atoms with van der Waals surface area (Å²) in [4.78, 5) is 39.8. The normalized spacial score (nSPS) is 10.3. The van der Waals surface area contributed by atoms with Crippen LogP contribution >= 0.6 is 0 Å². The van der Waals surface area contributed by atoms with Crippen LogP contribution in [0.4, 0.5) is 10.1 Å². The van der Waals surface area contributed by atoms with E-state index in [1.54, 1.807) is 37.3 Å². The Kier molecular flexibility index (Phi) is 8.34. The fourth-order valence-corrected chi connectivity index (χ4v) is 2.62. The molecule has 0 unspecified atom stereocenters. The predicted octanol–water partition coefficient (Wildman–Crippen LogP) is 2.21. The molecular weight excluding hydrogens is 389 g/mol. The van der Waals surface area contributed by atoms with E-state index >= 15 is 0 Å². The summed E-state index contributed by atoms with van der Waals surface area (Å²) in [6.07, 6.45) is 0. The summed E-state index contributed by atoms with van der Waals surface area (Å²) in [5.74, 6) is -1.79. The Labute approximate surface area is 175 Å². The van der Waals surface area contributed by atoms with Crippen LogP contribution in [-0.2, 0) is 20.9 Å². The first kappa shape index (κ1) is 22.9. The Balaban J connectivity index is 1.83. The third-order valence-electron chi connectivity index (χ3n) is 4.40. The van der Waals surface area contributed by atoms with Crippen LogP contribution in [-0.4, -0.2) is 56.5 Å². The molecule has 0 aliphatic rings. The molecule has 0 bridgehead atoms. The Bertz CT molecular complexity index is 884. The molecule has 0 atom stereocenters. The van der Waals surface area contributed by atoms with Gasteiger partial charge in [-0.05, 0) is 42.8 Å². The lowest BCUT2D eigenvalue weighted by atomic mass is 10.2. The van der Waals surface area contributed by atoms with E-state index in [4.69, 9.17) is 4.74 Å². The van der Waals surface area contributed by atoms with Gasteiger partial charge in [-0.1, -0.05) is 18.2 Å². The number of hydrogen-bond donors (Lipinski definition) is 1. The quantitative estimate of drug-likeness (QED) is 0.636. The molecule has 7 nitrogen and oxygen atoms in total. The van der Waals surface area contributed by atoms with Crippen LogP contribution in [0.2, 0.25) is 0 Å². The van der Waals surface area contributed by atoms with E-state index in [0.717, 1.165) is 11.3 Å². The third-order valence-corrected chi connectivity index (χ3v) is 4.40. The highest BCUT2D eigenvalue weighted by Gasteiger charge is 2.18. The molecule has 0 aliphatic carbocycles. The number of anilines is 1. The summed E-state index contributed by atoms with van der Waals surface area (Å²) in [6, 6.07) is 12.6. The highest BCUT2D eigenvalue weighted by atomic mass is 19.1. The molecule has 0 aromatic heterocycles. The van der Waals surface area contributed by atoms with E-state index in [1.165, 1.54) is 17.0 Å². The lowest BCUT2D eigenvalue weighted by molar-refractivity contribution is -0.138. The first-order valence-electron chi connectivity index (χ1n) is 9.53. The number of rotatable bonds is 9. The van der Waals surface area contributed by atoms with E-state index in [0.29, 0.717) is 5.56 Å². The van der Waals surface area contributed by atoms with Crippen molar-refractivity contribution in [2.75, 3.05) is 38.7 Å². The largest absolute Gasteiger partial charge is 0.452 e. The zero-order valence-corrected chi connectivity index (χ0v) is 17.4. The van der Waals surface area contributed by atoms with E-state index in [-0.39, 0.29) is 31.4 Å². The molecule has 2 amide bonds. The van der Waals surface area contributed by atoms with E-state index in [9.17, 15) is 18.8 Å². The van der Waals surface area contributed by atoms with Gasteiger partial charge in [-0.15, -0.1) is 0 Å². The molecule has 0 saturated heterocycles. The van der Waals surface area contributed by atoms with Crippen LogP contribution in [0.5, 0.6) is 0 Å². The van der Waals surface area contributed by atoms with Crippen LogP contribution in [0.15, 0.2) is 48.5 Å². The van der Waals surface area contributed by atoms with Crippen LogP contribution in [0.1, 0.15) is 22.8 Å². The molecule has 0 fully saturated rings. The average Bonchev–Trinajstić information content (AvgIpc) is 2.75. The van der Waals surface area contributed by atoms with Gasteiger partial charge in [0.1, 0.15) is 5.82 Å². The average molecular weight is 415 g/mol. The first-order valence-corrected chi connectivity index (χ1v) is 9.53. The standard InChI is InChI=1S/C22H26FN3O4/c1-4-26(14-20(27)24-13-16-8-10-18(23)11-9-16)21(28)15-30-22(29)17-6-5-7-19(12-17)25(2)3/h5-12H,4,13-15H2,1-3H3,(H,24,27). The Hall–Kier alpha value is -3.42. The van der Waals surface area contributed by atoms with Crippen LogP contribution in [0.25, 0.3) is 0 Å². The number of ether oxygens (including phenoxy) is 1. The maximum Gasteiger partial charge on any atom is 0.338 e. The van der Waals surface area contributed by atoms with Gasteiger partial charge in [-0.25, -0.2) is 9.18 Å². The fourth-order valence-electron chi connectivity index (χ4n) is 2.62. The number of amides is 2. The van der Waals surface area contributed by atoms with Gasteiger partial charge in [-0.2, -0.15) is 0 Å².